The Bertz CT molecular complexity index is 993. The van der Waals surface area contributed by atoms with Crippen LogP contribution in [0.15, 0.2) is 84.0 Å². The van der Waals surface area contributed by atoms with Crippen molar-refractivity contribution in [1.82, 2.24) is 5.01 Å². The highest BCUT2D eigenvalue weighted by Crippen LogP contribution is 2.34. The molecule has 0 spiro atoms. The Morgan fingerprint density at radius 3 is 2.29 bits per heavy atom. The predicted molar refractivity (Wildman–Crippen MR) is 111 cm³/mol. The monoisotopic (exact) mass is 370 g/mol. The van der Waals surface area contributed by atoms with Crippen molar-refractivity contribution >= 4 is 11.6 Å². The third kappa shape index (κ3) is 3.54. The zero-order valence-corrected chi connectivity index (χ0v) is 16.0. The normalized spacial score (nSPS) is 16.0. The van der Waals surface area contributed by atoms with Gasteiger partial charge < -0.3 is 4.74 Å². The van der Waals surface area contributed by atoms with Gasteiger partial charge in [0.1, 0.15) is 5.75 Å². The summed E-state index contributed by atoms with van der Waals surface area (Å²) in [4.78, 5) is 13.2. The maximum atomic E-state index is 13.2. The van der Waals surface area contributed by atoms with Crippen LogP contribution < -0.4 is 4.74 Å². The first kappa shape index (κ1) is 18.0. The second-order valence-electron chi connectivity index (χ2n) is 6.92. The van der Waals surface area contributed by atoms with Crippen LogP contribution in [0.5, 0.6) is 5.75 Å². The number of methoxy groups -OCH3 is 1. The van der Waals surface area contributed by atoms with E-state index in [0.29, 0.717) is 12.0 Å². The summed E-state index contributed by atoms with van der Waals surface area (Å²) in [6, 6.07) is 25.3. The highest BCUT2D eigenvalue weighted by Gasteiger charge is 2.33. The van der Waals surface area contributed by atoms with Gasteiger partial charge in [-0.1, -0.05) is 60.2 Å². The molecule has 4 rings (SSSR count). The van der Waals surface area contributed by atoms with Crippen molar-refractivity contribution in [2.24, 2.45) is 5.10 Å². The van der Waals surface area contributed by atoms with Gasteiger partial charge in [-0.15, -0.1) is 0 Å². The fourth-order valence-corrected chi connectivity index (χ4v) is 3.42. The molecule has 1 aliphatic rings. The quantitative estimate of drug-likeness (QED) is 0.649. The molecule has 28 heavy (non-hydrogen) atoms. The van der Waals surface area contributed by atoms with E-state index in [1.165, 1.54) is 5.56 Å². The molecule has 0 saturated carbocycles. The van der Waals surface area contributed by atoms with E-state index in [2.05, 4.69) is 31.2 Å². The van der Waals surface area contributed by atoms with E-state index in [-0.39, 0.29) is 11.9 Å². The van der Waals surface area contributed by atoms with E-state index in [4.69, 9.17) is 9.84 Å². The zero-order valence-electron chi connectivity index (χ0n) is 16.0. The Morgan fingerprint density at radius 1 is 0.964 bits per heavy atom. The lowest BCUT2D eigenvalue weighted by Gasteiger charge is -2.22. The number of aryl methyl sites for hydroxylation is 1. The summed E-state index contributed by atoms with van der Waals surface area (Å²) >= 11 is 0. The Morgan fingerprint density at radius 2 is 1.64 bits per heavy atom. The van der Waals surface area contributed by atoms with Gasteiger partial charge in [0.05, 0.1) is 18.9 Å². The molecule has 4 nitrogen and oxygen atoms in total. The standard InChI is InChI=1S/C24H22N2O2/c1-17-8-10-18(11-9-17)22-16-23(19-12-14-21(28-2)15-13-19)26(25-22)24(27)20-6-4-3-5-7-20/h3-15,23H,16H2,1-2H3/t23-/m0/s1. The Kier molecular flexibility index (Phi) is 4.94. The second-order valence-corrected chi connectivity index (χ2v) is 6.92. The van der Waals surface area contributed by atoms with Crippen LogP contribution in [0.2, 0.25) is 0 Å². The fraction of sp³-hybridized carbons (Fsp3) is 0.167. The Balaban J connectivity index is 1.71. The van der Waals surface area contributed by atoms with Gasteiger partial charge in [-0.25, -0.2) is 5.01 Å². The van der Waals surface area contributed by atoms with Crippen molar-refractivity contribution in [2.75, 3.05) is 7.11 Å². The number of hydrazone groups is 1. The van der Waals surface area contributed by atoms with Gasteiger partial charge in [-0.2, -0.15) is 5.10 Å². The number of carbonyl (C=O) groups is 1. The van der Waals surface area contributed by atoms with E-state index < -0.39 is 0 Å². The highest BCUT2D eigenvalue weighted by atomic mass is 16.5. The second kappa shape index (κ2) is 7.69. The van der Waals surface area contributed by atoms with Crippen molar-refractivity contribution < 1.29 is 9.53 Å². The van der Waals surface area contributed by atoms with Gasteiger partial charge >= 0.3 is 0 Å². The lowest BCUT2D eigenvalue weighted by atomic mass is 9.97. The predicted octanol–water partition coefficient (Wildman–Crippen LogP) is 5.00. The average molecular weight is 370 g/mol. The van der Waals surface area contributed by atoms with Gasteiger partial charge in [0.25, 0.3) is 5.91 Å². The zero-order chi connectivity index (χ0) is 19.5. The molecular formula is C24H22N2O2. The van der Waals surface area contributed by atoms with Gasteiger partial charge in [0.2, 0.25) is 0 Å². The molecule has 3 aromatic carbocycles. The summed E-state index contributed by atoms with van der Waals surface area (Å²) in [5.41, 5.74) is 4.84. The molecule has 0 unspecified atom stereocenters. The molecule has 3 aromatic rings. The van der Waals surface area contributed by atoms with Crippen molar-refractivity contribution in [3.05, 3.63) is 101 Å². The summed E-state index contributed by atoms with van der Waals surface area (Å²) in [6.07, 6.45) is 0.675. The van der Waals surface area contributed by atoms with Crippen LogP contribution in [-0.2, 0) is 0 Å². The first-order valence-corrected chi connectivity index (χ1v) is 9.33. The number of nitrogens with zero attached hydrogens (tertiary/aromatic N) is 2. The first-order chi connectivity index (χ1) is 13.7. The van der Waals surface area contributed by atoms with Gasteiger partial charge in [-0.05, 0) is 42.3 Å². The molecule has 0 saturated heterocycles. The smallest absolute Gasteiger partial charge is 0.274 e. The minimum Gasteiger partial charge on any atom is -0.497 e. The summed E-state index contributed by atoms with van der Waals surface area (Å²) in [5.74, 6) is 0.700. The third-order valence-corrected chi connectivity index (χ3v) is 5.02. The van der Waals surface area contributed by atoms with Crippen molar-refractivity contribution in [3.63, 3.8) is 0 Å². The molecule has 1 aliphatic heterocycles. The van der Waals surface area contributed by atoms with Gasteiger partial charge in [-0.3, -0.25) is 4.79 Å². The number of rotatable bonds is 4. The van der Waals surface area contributed by atoms with E-state index in [1.54, 1.807) is 12.1 Å². The number of amides is 1. The average Bonchev–Trinajstić information content (AvgIpc) is 3.20. The number of ether oxygens (including phenoxy) is 1. The number of carbonyl (C=O) groups excluding carboxylic acids is 1. The fourth-order valence-electron chi connectivity index (χ4n) is 3.42. The first-order valence-electron chi connectivity index (χ1n) is 9.33. The van der Waals surface area contributed by atoms with Crippen LogP contribution in [0.3, 0.4) is 0 Å². The Hall–Kier alpha value is -3.40. The molecule has 1 heterocycles. The molecule has 1 amide bonds. The Labute approximate surface area is 165 Å². The van der Waals surface area contributed by atoms with Crippen LogP contribution in [0.1, 0.15) is 39.5 Å². The minimum atomic E-state index is -0.144. The molecule has 0 bridgehead atoms. The lowest BCUT2D eigenvalue weighted by Crippen LogP contribution is -2.27. The number of hydrogen-bond acceptors (Lipinski definition) is 3. The summed E-state index contributed by atoms with van der Waals surface area (Å²) in [6.45, 7) is 2.06. The number of hydrogen-bond donors (Lipinski definition) is 0. The van der Waals surface area contributed by atoms with Gasteiger partial charge in [0.15, 0.2) is 0 Å². The van der Waals surface area contributed by atoms with E-state index in [9.17, 15) is 4.79 Å². The van der Waals surface area contributed by atoms with Crippen molar-refractivity contribution in [2.45, 2.75) is 19.4 Å². The summed E-state index contributed by atoms with van der Waals surface area (Å²) in [5, 5.41) is 6.35. The third-order valence-electron chi connectivity index (χ3n) is 5.02. The minimum absolute atomic E-state index is 0.0940. The summed E-state index contributed by atoms with van der Waals surface area (Å²) in [7, 11) is 1.65. The van der Waals surface area contributed by atoms with Crippen LogP contribution in [-0.4, -0.2) is 23.7 Å². The molecule has 0 N–H and O–H groups in total. The molecule has 0 aliphatic carbocycles. The topological polar surface area (TPSA) is 41.9 Å². The summed E-state index contributed by atoms with van der Waals surface area (Å²) < 4.78 is 5.27. The number of benzene rings is 3. The van der Waals surface area contributed by atoms with E-state index >= 15 is 0 Å². The van der Waals surface area contributed by atoms with Crippen LogP contribution in [0.4, 0.5) is 0 Å². The molecular weight excluding hydrogens is 348 g/mol. The van der Waals surface area contributed by atoms with E-state index in [1.807, 2.05) is 54.6 Å². The van der Waals surface area contributed by atoms with E-state index in [0.717, 1.165) is 22.6 Å². The van der Waals surface area contributed by atoms with Crippen LogP contribution in [0, 0.1) is 6.92 Å². The highest BCUT2D eigenvalue weighted by molar-refractivity contribution is 6.05. The van der Waals surface area contributed by atoms with Crippen LogP contribution in [0.25, 0.3) is 0 Å². The lowest BCUT2D eigenvalue weighted by molar-refractivity contribution is 0.0711. The maximum Gasteiger partial charge on any atom is 0.274 e. The SMILES string of the molecule is COc1ccc([C@@H]2CC(c3ccc(C)cc3)=NN2C(=O)c2ccccc2)cc1. The molecule has 1 atom stereocenters. The molecule has 0 aromatic heterocycles. The maximum absolute atomic E-state index is 13.2. The molecule has 0 fully saturated rings. The van der Waals surface area contributed by atoms with Crippen LogP contribution >= 0.6 is 0 Å². The molecule has 4 heteroatoms. The van der Waals surface area contributed by atoms with Gasteiger partial charge in [0, 0.05) is 12.0 Å². The molecule has 0 radical (unpaired) electrons. The molecule has 140 valence electrons. The van der Waals surface area contributed by atoms with Crippen molar-refractivity contribution in [1.29, 1.82) is 0 Å². The largest absolute Gasteiger partial charge is 0.497 e. The van der Waals surface area contributed by atoms with Crippen molar-refractivity contribution in [3.8, 4) is 5.75 Å².